The molecule has 0 amide bonds. The number of rotatable bonds is 2. The Labute approximate surface area is 301 Å². The summed E-state index contributed by atoms with van der Waals surface area (Å²) in [5, 5.41) is 8.03. The quantitative estimate of drug-likeness (QED) is 0.166. The first-order valence-electron chi connectivity index (χ1n) is 15.6. The molecule has 0 N–H and O–H groups in total. The van der Waals surface area contributed by atoms with Gasteiger partial charge in [-0.2, -0.15) is 6.07 Å². The van der Waals surface area contributed by atoms with Crippen LogP contribution in [-0.4, -0.2) is 12.0 Å². The second kappa shape index (κ2) is 16.2. The van der Waals surface area contributed by atoms with Crippen LogP contribution in [0.3, 0.4) is 0 Å². The van der Waals surface area contributed by atoms with Gasteiger partial charge in [0.25, 0.3) is 0 Å². The third kappa shape index (κ3) is 7.77. The van der Waals surface area contributed by atoms with E-state index in [0.717, 1.165) is 6.54 Å². The van der Waals surface area contributed by atoms with Crippen LogP contribution >= 0.6 is 0 Å². The van der Waals surface area contributed by atoms with Crippen molar-refractivity contribution in [1.82, 2.24) is 0 Å². The van der Waals surface area contributed by atoms with Crippen LogP contribution in [0, 0.1) is 13.8 Å². The Hall–Kier alpha value is -2.95. The Morgan fingerprint density at radius 3 is 2.04 bits per heavy atom. The van der Waals surface area contributed by atoms with Crippen LogP contribution in [0.2, 0.25) is 13.1 Å². The van der Waals surface area contributed by atoms with Crippen LogP contribution in [0.5, 0.6) is 0 Å². The summed E-state index contributed by atoms with van der Waals surface area (Å²) in [5.74, 6) is 0. The zero-order valence-electron chi connectivity index (χ0n) is 26.9. The van der Waals surface area contributed by atoms with Gasteiger partial charge < -0.3 is 29.7 Å². The zero-order valence-corrected chi connectivity index (χ0v) is 33.1. The van der Waals surface area contributed by atoms with Crippen LogP contribution in [0.25, 0.3) is 43.4 Å². The third-order valence-corrected chi connectivity index (χ3v) is 8.33. The number of hydrogen-bond donors (Lipinski definition) is 0. The van der Waals surface area contributed by atoms with Crippen molar-refractivity contribution in [2.24, 2.45) is 0 Å². The van der Waals surface area contributed by atoms with Gasteiger partial charge in [0, 0.05) is 12.2 Å². The fourth-order valence-electron chi connectivity index (χ4n) is 6.56. The van der Waals surface area contributed by atoms with Gasteiger partial charge in [-0.05, 0) is 40.9 Å². The average molecular weight is 823 g/mol. The van der Waals surface area contributed by atoms with Gasteiger partial charge in [0.1, 0.15) is 0 Å². The molecule has 8 rings (SSSR count). The topological polar surface area (TPSA) is 3.24 Å². The van der Waals surface area contributed by atoms with E-state index < -0.39 is 0 Å². The predicted molar refractivity (Wildman–Crippen MR) is 191 cm³/mol. The van der Waals surface area contributed by atoms with E-state index in [-0.39, 0.29) is 30.3 Å². The van der Waals surface area contributed by atoms with E-state index in [1.165, 1.54) is 107 Å². The molecule has 1 aliphatic rings. The summed E-state index contributed by atoms with van der Waals surface area (Å²) in [6.45, 7) is 10.2. The number of para-hydroxylation sites is 1. The molecule has 7 aromatic carbocycles. The van der Waals surface area contributed by atoms with Crippen LogP contribution in [-0.2, 0) is 29.4 Å². The molecule has 0 atom stereocenters. The van der Waals surface area contributed by atoms with E-state index in [1.807, 2.05) is 0 Å². The Morgan fingerprint density at radius 2 is 1.24 bits per heavy atom. The second-order valence-electron chi connectivity index (χ2n) is 12.0. The van der Waals surface area contributed by atoms with Crippen molar-refractivity contribution in [2.75, 3.05) is 11.4 Å². The Morgan fingerprint density at radius 1 is 0.652 bits per heavy atom. The number of aryl methyl sites for hydroxylation is 3. The molecule has 0 bridgehead atoms. The normalized spacial score (nSPS) is 11.8. The molecule has 7 aromatic rings. The van der Waals surface area contributed by atoms with Crippen molar-refractivity contribution >= 4 is 49.2 Å². The summed E-state index contributed by atoms with van der Waals surface area (Å²) in [7, 11) is 0. The minimum Gasteiger partial charge on any atom is -1.00 e. The maximum absolute atomic E-state index is 2.49. The number of hydrogen-bond acceptors (Lipinski definition) is 1. The van der Waals surface area contributed by atoms with Gasteiger partial charge >= 0.3 is 41.6 Å². The SMILES string of the molecule is C[Si](C)=[Hf+2].Cc1[cH-]c2ccccc2c1-c1cccc2ccccc12.Cc1cc2c(N3CCCc4ccccc43)cccc2[cH-]1.[Cl-].[Cl-]. The van der Waals surface area contributed by atoms with Gasteiger partial charge in [0.15, 0.2) is 0 Å². The van der Waals surface area contributed by atoms with Crippen LogP contribution in [0.15, 0.2) is 127 Å². The first-order chi connectivity index (χ1) is 21.4. The van der Waals surface area contributed by atoms with Crippen molar-refractivity contribution < 1.29 is 47.8 Å². The van der Waals surface area contributed by atoms with Crippen molar-refractivity contribution in [2.45, 2.75) is 39.8 Å². The van der Waals surface area contributed by atoms with Crippen molar-refractivity contribution in [3.63, 3.8) is 0 Å². The molecule has 1 aliphatic heterocycles. The molecule has 46 heavy (non-hydrogen) atoms. The van der Waals surface area contributed by atoms with E-state index in [2.05, 4.69) is 159 Å². The first-order valence-corrected chi connectivity index (χ1v) is 23.5. The molecular formula is C41H39Cl2HfNSi-2. The molecule has 0 radical (unpaired) electrons. The fourth-order valence-corrected chi connectivity index (χ4v) is 6.56. The Balaban J connectivity index is 0.000000180. The summed E-state index contributed by atoms with van der Waals surface area (Å²) in [6.07, 6.45) is 2.43. The predicted octanol–water partition coefficient (Wildman–Crippen LogP) is 5.43. The van der Waals surface area contributed by atoms with Gasteiger partial charge in [-0.25, -0.2) is 0 Å². The molecule has 0 aliphatic carbocycles. The van der Waals surface area contributed by atoms with Crippen molar-refractivity contribution in [3.05, 3.63) is 144 Å². The number of halogens is 2. The molecule has 0 saturated carbocycles. The molecular weight excluding hydrogens is 784 g/mol. The molecule has 0 aromatic heterocycles. The van der Waals surface area contributed by atoms with Gasteiger partial charge in [-0.15, -0.1) is 80.7 Å². The molecule has 232 valence electrons. The van der Waals surface area contributed by atoms with Gasteiger partial charge in [-0.3, -0.25) is 0 Å². The average Bonchev–Trinajstić information content (AvgIpc) is 3.58. The maximum atomic E-state index is 2.49. The van der Waals surface area contributed by atoms with E-state index >= 15 is 0 Å². The number of nitrogens with zero attached hydrogens (tertiary/aromatic N) is 1. The minimum atomic E-state index is 0. The Kier molecular flexibility index (Phi) is 12.7. The van der Waals surface area contributed by atoms with Crippen LogP contribution in [0.4, 0.5) is 11.4 Å². The summed E-state index contributed by atoms with van der Waals surface area (Å²) in [4.78, 5) is 2.49. The smallest absolute Gasteiger partial charge is 0.0436 e. The number of anilines is 2. The van der Waals surface area contributed by atoms with Crippen LogP contribution in [0.1, 0.15) is 23.1 Å². The molecule has 0 unspecified atom stereocenters. The second-order valence-corrected chi connectivity index (χ2v) is 24.8. The van der Waals surface area contributed by atoms with Gasteiger partial charge in [-0.1, -0.05) is 92.2 Å². The molecule has 0 saturated heterocycles. The molecule has 5 heteroatoms. The monoisotopic (exact) mass is 823 g/mol. The fraction of sp³-hybridized carbons (Fsp3) is 0.171. The molecule has 0 fully saturated rings. The third-order valence-electron chi connectivity index (χ3n) is 8.33. The van der Waals surface area contributed by atoms with E-state index in [1.54, 1.807) is 0 Å². The molecule has 0 spiro atoms. The summed E-state index contributed by atoms with van der Waals surface area (Å²) < 4.78 is 0. The summed E-state index contributed by atoms with van der Waals surface area (Å²) >= 11 is 1.45. The largest absolute Gasteiger partial charge is 1.00 e. The minimum absolute atomic E-state index is 0. The molecule has 1 heterocycles. The Bertz CT molecular complexity index is 2080. The number of benzene rings is 5. The first kappa shape index (κ1) is 35.9. The van der Waals surface area contributed by atoms with Crippen molar-refractivity contribution in [1.29, 1.82) is 0 Å². The van der Waals surface area contributed by atoms with E-state index in [4.69, 9.17) is 0 Å². The van der Waals surface area contributed by atoms with Gasteiger partial charge in [0.05, 0.1) is 0 Å². The summed E-state index contributed by atoms with van der Waals surface area (Å²) in [5.41, 5.74) is 9.86. The van der Waals surface area contributed by atoms with Crippen LogP contribution < -0.4 is 29.7 Å². The zero-order chi connectivity index (χ0) is 30.6. The summed E-state index contributed by atoms with van der Waals surface area (Å²) in [6, 6.07) is 46.1. The van der Waals surface area contributed by atoms with Crippen molar-refractivity contribution in [3.8, 4) is 11.1 Å². The maximum Gasteiger partial charge on any atom is 0.0436 e. The van der Waals surface area contributed by atoms with Gasteiger partial charge in [0.2, 0.25) is 0 Å². The van der Waals surface area contributed by atoms with E-state index in [9.17, 15) is 0 Å². The standard InChI is InChI=1S/C20H15.C19H18N.C2H6Si.2ClH.Hf/c1-14-13-16-8-3-5-11-18(16)20(14)19-12-6-9-15-7-2-4-10-17(15)19;1-14-12-16-7-4-10-19(17(16)13-14)20-11-5-8-15-6-2-3-9-18(15)20;1-3-2;;;/h2-13H,1H3;2-4,6-7,9-10,12-13H,5,8,11H2,1H3;1-2H3;2*1H;/q2*-1;;;;+2/p-2. The number of fused-ring (bicyclic) bond motifs is 4. The molecule has 1 nitrogen and oxygen atoms in total. The van der Waals surface area contributed by atoms with E-state index in [0.29, 0.717) is 0 Å².